The molecule has 0 spiro atoms. The lowest BCUT2D eigenvalue weighted by Gasteiger charge is -2.03. The fraction of sp³-hybridized carbons (Fsp3) is 0.0667. The van der Waals surface area contributed by atoms with Crippen LogP contribution in [0.1, 0.15) is 5.56 Å². The molecule has 2 aromatic carbocycles. The van der Waals surface area contributed by atoms with Crippen molar-refractivity contribution in [1.29, 1.82) is 0 Å². The van der Waals surface area contributed by atoms with Crippen molar-refractivity contribution >= 4 is 21.8 Å². The van der Waals surface area contributed by atoms with E-state index in [1.807, 2.05) is 6.07 Å². The minimum Gasteiger partial charge on any atom is -0.454 e. The molecule has 0 aromatic heterocycles. The van der Waals surface area contributed by atoms with Crippen LogP contribution in [0.25, 0.3) is 6.08 Å². The van der Waals surface area contributed by atoms with E-state index >= 15 is 0 Å². The average molecular weight is 303 g/mol. The van der Waals surface area contributed by atoms with Crippen LogP contribution < -0.4 is 14.2 Å². The second-order valence-corrected chi connectivity index (χ2v) is 5.99. The Balaban J connectivity index is 1.76. The normalized spacial score (nSPS) is 13.5. The minimum absolute atomic E-state index is 0.191. The molecule has 1 aliphatic rings. The van der Waals surface area contributed by atoms with Crippen molar-refractivity contribution in [3.63, 3.8) is 0 Å². The Morgan fingerprint density at radius 3 is 2.57 bits per heavy atom. The molecule has 0 radical (unpaired) electrons. The van der Waals surface area contributed by atoms with E-state index in [9.17, 15) is 8.42 Å². The van der Waals surface area contributed by atoms with Crippen LogP contribution in [-0.4, -0.2) is 15.2 Å². The zero-order chi connectivity index (χ0) is 14.7. The van der Waals surface area contributed by atoms with E-state index in [-0.39, 0.29) is 6.79 Å². The molecule has 21 heavy (non-hydrogen) atoms. The van der Waals surface area contributed by atoms with E-state index in [4.69, 9.17) is 9.47 Å². The smallest absolute Gasteiger partial charge is 0.255 e. The van der Waals surface area contributed by atoms with Gasteiger partial charge in [-0.1, -0.05) is 24.3 Å². The van der Waals surface area contributed by atoms with Gasteiger partial charge in [0.1, 0.15) is 0 Å². The number of hydrogen-bond acceptors (Lipinski definition) is 4. The van der Waals surface area contributed by atoms with Crippen LogP contribution in [0.5, 0.6) is 11.5 Å². The van der Waals surface area contributed by atoms with Gasteiger partial charge in [0.25, 0.3) is 10.0 Å². The van der Waals surface area contributed by atoms with Crippen molar-refractivity contribution in [2.75, 3.05) is 11.5 Å². The second-order valence-electron chi connectivity index (χ2n) is 4.43. The standard InChI is InChI=1S/C15H13NO4S/c17-21(18,16-13-4-2-1-3-5-13)9-8-12-6-7-14-15(10-12)20-11-19-14/h1-10,16H,11H2/b9-8+. The number of benzene rings is 2. The van der Waals surface area contributed by atoms with Gasteiger partial charge in [0.05, 0.1) is 5.41 Å². The number of para-hydroxylation sites is 1. The fourth-order valence-electron chi connectivity index (χ4n) is 1.89. The van der Waals surface area contributed by atoms with Crippen LogP contribution in [-0.2, 0) is 10.0 Å². The third-order valence-electron chi connectivity index (χ3n) is 2.87. The molecule has 1 aliphatic heterocycles. The quantitative estimate of drug-likeness (QED) is 0.943. The second kappa shape index (κ2) is 5.49. The average Bonchev–Trinajstić information content (AvgIpc) is 2.93. The minimum atomic E-state index is -3.55. The predicted molar refractivity (Wildman–Crippen MR) is 80.6 cm³/mol. The molecule has 0 bridgehead atoms. The lowest BCUT2D eigenvalue weighted by atomic mass is 10.2. The van der Waals surface area contributed by atoms with E-state index < -0.39 is 10.0 Å². The number of nitrogens with one attached hydrogen (secondary N) is 1. The van der Waals surface area contributed by atoms with Gasteiger partial charge in [-0.3, -0.25) is 4.72 Å². The molecule has 1 heterocycles. The molecule has 2 aromatic rings. The van der Waals surface area contributed by atoms with E-state index in [0.29, 0.717) is 17.2 Å². The van der Waals surface area contributed by atoms with Gasteiger partial charge in [0.15, 0.2) is 11.5 Å². The Labute approximate surface area is 122 Å². The maximum atomic E-state index is 12.0. The van der Waals surface area contributed by atoms with Crippen LogP contribution in [0.2, 0.25) is 0 Å². The highest BCUT2D eigenvalue weighted by atomic mass is 32.2. The Morgan fingerprint density at radius 1 is 1.00 bits per heavy atom. The highest BCUT2D eigenvalue weighted by Gasteiger charge is 2.12. The highest BCUT2D eigenvalue weighted by molar-refractivity contribution is 7.95. The summed E-state index contributed by atoms with van der Waals surface area (Å²) in [7, 11) is -3.55. The Hall–Kier alpha value is -2.47. The number of ether oxygens (including phenoxy) is 2. The van der Waals surface area contributed by atoms with E-state index in [0.717, 1.165) is 11.0 Å². The Kier molecular flexibility index (Phi) is 3.53. The summed E-state index contributed by atoms with van der Waals surface area (Å²) in [5.41, 5.74) is 1.24. The van der Waals surface area contributed by atoms with Crippen molar-refractivity contribution in [3.05, 3.63) is 59.5 Å². The molecule has 0 amide bonds. The molecular formula is C15H13NO4S. The van der Waals surface area contributed by atoms with Crippen molar-refractivity contribution in [2.24, 2.45) is 0 Å². The molecule has 0 saturated carbocycles. The summed E-state index contributed by atoms with van der Waals surface area (Å²) in [5.74, 6) is 1.28. The largest absolute Gasteiger partial charge is 0.454 e. The summed E-state index contributed by atoms with van der Waals surface area (Å²) < 4.78 is 36.8. The summed E-state index contributed by atoms with van der Waals surface area (Å²) in [6.07, 6.45) is 1.51. The number of anilines is 1. The first-order valence-corrected chi connectivity index (χ1v) is 7.83. The molecule has 0 aliphatic carbocycles. The number of rotatable bonds is 4. The van der Waals surface area contributed by atoms with Crippen LogP contribution in [0, 0.1) is 0 Å². The summed E-state index contributed by atoms with van der Waals surface area (Å²) >= 11 is 0. The molecule has 0 saturated heterocycles. The van der Waals surface area contributed by atoms with Gasteiger partial charge < -0.3 is 9.47 Å². The van der Waals surface area contributed by atoms with Gasteiger partial charge in [0.2, 0.25) is 6.79 Å². The first-order valence-electron chi connectivity index (χ1n) is 6.28. The van der Waals surface area contributed by atoms with Gasteiger partial charge in [-0.2, -0.15) is 0 Å². The number of fused-ring (bicyclic) bond motifs is 1. The summed E-state index contributed by atoms with van der Waals surface area (Å²) in [5, 5.41) is 1.12. The number of hydrogen-bond donors (Lipinski definition) is 1. The maximum Gasteiger partial charge on any atom is 0.255 e. The van der Waals surface area contributed by atoms with E-state index in [1.165, 1.54) is 6.08 Å². The molecule has 0 fully saturated rings. The van der Waals surface area contributed by atoms with Crippen LogP contribution >= 0.6 is 0 Å². The van der Waals surface area contributed by atoms with Gasteiger partial charge >= 0.3 is 0 Å². The van der Waals surface area contributed by atoms with Crippen LogP contribution in [0.3, 0.4) is 0 Å². The molecule has 108 valence electrons. The molecular weight excluding hydrogens is 290 g/mol. The third-order valence-corrected chi connectivity index (χ3v) is 3.88. The maximum absolute atomic E-state index is 12.0. The zero-order valence-corrected chi connectivity index (χ0v) is 11.8. The molecule has 6 heteroatoms. The van der Waals surface area contributed by atoms with Gasteiger partial charge in [-0.25, -0.2) is 8.42 Å². The Bertz CT molecular complexity index is 770. The number of sulfonamides is 1. The van der Waals surface area contributed by atoms with E-state index in [1.54, 1.807) is 42.5 Å². The van der Waals surface area contributed by atoms with Crippen molar-refractivity contribution < 1.29 is 17.9 Å². The highest BCUT2D eigenvalue weighted by Crippen LogP contribution is 2.32. The van der Waals surface area contributed by atoms with Gasteiger partial charge in [-0.15, -0.1) is 0 Å². The van der Waals surface area contributed by atoms with Gasteiger partial charge in [-0.05, 0) is 35.9 Å². The van der Waals surface area contributed by atoms with Crippen LogP contribution in [0.15, 0.2) is 53.9 Å². The molecule has 0 atom stereocenters. The van der Waals surface area contributed by atoms with Crippen molar-refractivity contribution in [3.8, 4) is 11.5 Å². The van der Waals surface area contributed by atoms with Gasteiger partial charge in [0, 0.05) is 5.69 Å². The lowest BCUT2D eigenvalue weighted by Crippen LogP contribution is -2.08. The first kappa shape index (κ1) is 13.5. The van der Waals surface area contributed by atoms with Crippen molar-refractivity contribution in [1.82, 2.24) is 0 Å². The van der Waals surface area contributed by atoms with E-state index in [2.05, 4.69) is 4.72 Å². The predicted octanol–water partition coefficient (Wildman–Crippen LogP) is 2.83. The lowest BCUT2D eigenvalue weighted by molar-refractivity contribution is 0.174. The molecule has 1 N–H and O–H groups in total. The molecule has 3 rings (SSSR count). The summed E-state index contributed by atoms with van der Waals surface area (Å²) in [6, 6.07) is 14.0. The van der Waals surface area contributed by atoms with Crippen molar-refractivity contribution in [2.45, 2.75) is 0 Å². The molecule has 5 nitrogen and oxygen atoms in total. The fourth-order valence-corrected chi connectivity index (χ4v) is 2.76. The topological polar surface area (TPSA) is 64.6 Å². The summed E-state index contributed by atoms with van der Waals surface area (Å²) in [6.45, 7) is 0.191. The monoisotopic (exact) mass is 303 g/mol. The first-order chi connectivity index (χ1) is 10.1. The zero-order valence-electron chi connectivity index (χ0n) is 11.0. The van der Waals surface area contributed by atoms with Crippen LogP contribution in [0.4, 0.5) is 5.69 Å². The Morgan fingerprint density at radius 2 is 1.76 bits per heavy atom. The summed E-state index contributed by atoms with van der Waals surface area (Å²) in [4.78, 5) is 0. The SMILES string of the molecule is O=S(=O)(/C=C/c1ccc2c(c1)OCO2)Nc1ccccc1. The third kappa shape index (κ3) is 3.35. The molecule has 0 unspecified atom stereocenters.